The average Bonchev–Trinajstić information content (AvgIpc) is 2.25. The molecule has 3 N–H and O–H groups in total. The summed E-state index contributed by atoms with van der Waals surface area (Å²) in [4.78, 5) is 3.48. The summed E-state index contributed by atoms with van der Waals surface area (Å²) in [6.07, 6.45) is -4.42. The first kappa shape index (κ1) is 13.8. The van der Waals surface area contributed by atoms with Gasteiger partial charge in [-0.1, -0.05) is 19.9 Å². The van der Waals surface area contributed by atoms with Crippen molar-refractivity contribution >= 4 is 5.82 Å². The first-order valence-corrected chi connectivity index (χ1v) is 5.34. The SMILES string of the molecule is CC(C)C(N)CNc1cccc(C(F)(F)F)n1. The molecule has 17 heavy (non-hydrogen) atoms. The molecule has 1 heterocycles. The lowest BCUT2D eigenvalue weighted by Crippen LogP contribution is -2.34. The Kier molecular flexibility index (Phi) is 4.34. The van der Waals surface area contributed by atoms with E-state index in [1.165, 1.54) is 12.1 Å². The molecule has 0 fully saturated rings. The first-order chi connectivity index (χ1) is 7.80. The van der Waals surface area contributed by atoms with Crippen molar-refractivity contribution in [3.63, 3.8) is 0 Å². The van der Waals surface area contributed by atoms with Crippen LogP contribution in [-0.4, -0.2) is 17.6 Å². The summed E-state index contributed by atoms with van der Waals surface area (Å²) in [5.41, 5.74) is 4.87. The molecule has 0 saturated heterocycles. The van der Waals surface area contributed by atoms with Crippen LogP contribution in [0.2, 0.25) is 0 Å². The molecule has 0 saturated carbocycles. The van der Waals surface area contributed by atoms with Gasteiger partial charge in [0.1, 0.15) is 11.5 Å². The fourth-order valence-corrected chi connectivity index (χ4v) is 1.15. The van der Waals surface area contributed by atoms with Gasteiger partial charge in [0.25, 0.3) is 0 Å². The fraction of sp³-hybridized carbons (Fsp3) is 0.545. The number of pyridine rings is 1. The zero-order valence-electron chi connectivity index (χ0n) is 9.75. The Hall–Kier alpha value is -1.30. The Balaban J connectivity index is 2.67. The minimum Gasteiger partial charge on any atom is -0.368 e. The quantitative estimate of drug-likeness (QED) is 0.859. The Morgan fingerprint density at radius 1 is 1.35 bits per heavy atom. The van der Waals surface area contributed by atoms with Crippen LogP contribution in [0.5, 0.6) is 0 Å². The van der Waals surface area contributed by atoms with Crippen molar-refractivity contribution < 1.29 is 13.2 Å². The lowest BCUT2D eigenvalue weighted by atomic mass is 10.1. The van der Waals surface area contributed by atoms with Crippen LogP contribution in [0.15, 0.2) is 18.2 Å². The van der Waals surface area contributed by atoms with Gasteiger partial charge in [-0.3, -0.25) is 0 Å². The van der Waals surface area contributed by atoms with E-state index in [0.717, 1.165) is 6.07 Å². The number of alkyl halides is 3. The van der Waals surface area contributed by atoms with Crippen LogP contribution in [0, 0.1) is 5.92 Å². The molecule has 0 aliphatic carbocycles. The van der Waals surface area contributed by atoms with E-state index in [-0.39, 0.29) is 17.8 Å². The maximum atomic E-state index is 12.4. The molecule has 6 heteroatoms. The second-order valence-corrected chi connectivity index (χ2v) is 4.19. The van der Waals surface area contributed by atoms with E-state index >= 15 is 0 Å². The van der Waals surface area contributed by atoms with Crippen LogP contribution in [0.1, 0.15) is 19.5 Å². The first-order valence-electron chi connectivity index (χ1n) is 5.34. The van der Waals surface area contributed by atoms with Crippen molar-refractivity contribution in [2.75, 3.05) is 11.9 Å². The fourth-order valence-electron chi connectivity index (χ4n) is 1.15. The summed E-state index contributed by atoms with van der Waals surface area (Å²) in [7, 11) is 0. The van der Waals surface area contributed by atoms with Gasteiger partial charge in [0, 0.05) is 12.6 Å². The van der Waals surface area contributed by atoms with Crippen LogP contribution in [-0.2, 0) is 6.18 Å². The second-order valence-electron chi connectivity index (χ2n) is 4.19. The third-order valence-electron chi connectivity index (χ3n) is 2.41. The van der Waals surface area contributed by atoms with Crippen LogP contribution in [0.25, 0.3) is 0 Å². The highest BCUT2D eigenvalue weighted by Crippen LogP contribution is 2.28. The van der Waals surface area contributed by atoms with E-state index in [1.807, 2.05) is 13.8 Å². The van der Waals surface area contributed by atoms with Gasteiger partial charge in [-0.25, -0.2) is 4.98 Å². The lowest BCUT2D eigenvalue weighted by molar-refractivity contribution is -0.141. The molecule has 96 valence electrons. The standard InChI is InChI=1S/C11H16F3N3/c1-7(2)8(15)6-16-10-5-3-4-9(17-10)11(12,13)14/h3-5,7-8H,6,15H2,1-2H3,(H,16,17). The summed E-state index contributed by atoms with van der Waals surface area (Å²) >= 11 is 0. The van der Waals surface area contributed by atoms with E-state index < -0.39 is 11.9 Å². The third kappa shape index (κ3) is 4.22. The van der Waals surface area contributed by atoms with Gasteiger partial charge in [0.05, 0.1) is 0 Å². The van der Waals surface area contributed by atoms with Crippen molar-refractivity contribution in [1.29, 1.82) is 0 Å². The summed E-state index contributed by atoms with van der Waals surface area (Å²) in [5, 5.41) is 2.80. The Labute approximate surface area is 98.2 Å². The van der Waals surface area contributed by atoms with Crippen molar-refractivity contribution in [2.24, 2.45) is 11.7 Å². The Morgan fingerprint density at radius 3 is 2.53 bits per heavy atom. The average molecular weight is 247 g/mol. The van der Waals surface area contributed by atoms with E-state index in [9.17, 15) is 13.2 Å². The normalized spacial score (nSPS) is 13.8. The lowest BCUT2D eigenvalue weighted by Gasteiger charge is -2.17. The molecule has 0 radical (unpaired) electrons. The predicted octanol–water partition coefficient (Wildman–Crippen LogP) is 2.50. The molecule has 0 aliphatic rings. The van der Waals surface area contributed by atoms with Crippen LogP contribution in [0.4, 0.5) is 19.0 Å². The molecule has 3 nitrogen and oxygen atoms in total. The van der Waals surface area contributed by atoms with Gasteiger partial charge in [0.2, 0.25) is 0 Å². The number of nitrogens with one attached hydrogen (secondary N) is 1. The molecule has 1 aromatic heterocycles. The summed E-state index contributed by atoms with van der Waals surface area (Å²) in [6, 6.07) is 3.63. The number of rotatable bonds is 4. The molecule has 1 atom stereocenters. The van der Waals surface area contributed by atoms with Crippen LogP contribution >= 0.6 is 0 Å². The maximum Gasteiger partial charge on any atom is 0.433 e. The summed E-state index contributed by atoms with van der Waals surface area (Å²) in [5.74, 6) is 0.448. The Bertz CT molecular complexity index is 363. The third-order valence-corrected chi connectivity index (χ3v) is 2.41. The maximum absolute atomic E-state index is 12.4. The number of anilines is 1. The van der Waals surface area contributed by atoms with Crippen molar-refractivity contribution in [2.45, 2.75) is 26.1 Å². The number of hydrogen-bond acceptors (Lipinski definition) is 3. The zero-order chi connectivity index (χ0) is 13.1. The number of aromatic nitrogens is 1. The van der Waals surface area contributed by atoms with Gasteiger partial charge in [-0.2, -0.15) is 13.2 Å². The molecule has 0 spiro atoms. The number of halogens is 3. The highest BCUT2D eigenvalue weighted by Gasteiger charge is 2.32. The monoisotopic (exact) mass is 247 g/mol. The highest BCUT2D eigenvalue weighted by molar-refractivity contribution is 5.36. The molecule has 1 aromatic rings. The van der Waals surface area contributed by atoms with Crippen LogP contribution in [0.3, 0.4) is 0 Å². The largest absolute Gasteiger partial charge is 0.433 e. The molecule has 0 aromatic carbocycles. The number of hydrogen-bond donors (Lipinski definition) is 2. The van der Waals surface area contributed by atoms with E-state index in [0.29, 0.717) is 6.54 Å². The molecular formula is C11H16F3N3. The van der Waals surface area contributed by atoms with Crippen molar-refractivity contribution in [3.05, 3.63) is 23.9 Å². The van der Waals surface area contributed by atoms with Gasteiger partial charge in [0.15, 0.2) is 0 Å². The molecule has 1 rings (SSSR count). The molecular weight excluding hydrogens is 231 g/mol. The van der Waals surface area contributed by atoms with E-state index in [1.54, 1.807) is 0 Å². The van der Waals surface area contributed by atoms with Gasteiger partial charge in [-0.15, -0.1) is 0 Å². The second kappa shape index (κ2) is 5.35. The van der Waals surface area contributed by atoms with E-state index in [2.05, 4.69) is 10.3 Å². The Morgan fingerprint density at radius 2 is 2.00 bits per heavy atom. The van der Waals surface area contributed by atoms with Gasteiger partial charge >= 0.3 is 6.18 Å². The van der Waals surface area contributed by atoms with Crippen molar-refractivity contribution in [1.82, 2.24) is 4.98 Å². The number of nitrogens with two attached hydrogens (primary N) is 1. The zero-order valence-corrected chi connectivity index (χ0v) is 9.75. The summed E-state index contributed by atoms with van der Waals surface area (Å²) < 4.78 is 37.1. The molecule has 0 bridgehead atoms. The minimum absolute atomic E-state index is 0.119. The van der Waals surface area contributed by atoms with E-state index in [4.69, 9.17) is 5.73 Å². The minimum atomic E-state index is -4.42. The summed E-state index contributed by atoms with van der Waals surface area (Å²) in [6.45, 7) is 4.30. The van der Waals surface area contributed by atoms with Crippen LogP contribution < -0.4 is 11.1 Å². The molecule has 1 unspecified atom stereocenters. The van der Waals surface area contributed by atoms with Gasteiger partial charge in [-0.05, 0) is 18.1 Å². The predicted molar refractivity (Wildman–Crippen MR) is 60.5 cm³/mol. The highest BCUT2D eigenvalue weighted by atomic mass is 19.4. The molecule has 0 amide bonds. The molecule has 0 aliphatic heterocycles. The van der Waals surface area contributed by atoms with Gasteiger partial charge < -0.3 is 11.1 Å². The number of nitrogens with zero attached hydrogens (tertiary/aromatic N) is 1. The van der Waals surface area contributed by atoms with Crippen molar-refractivity contribution in [3.8, 4) is 0 Å². The topological polar surface area (TPSA) is 50.9 Å². The smallest absolute Gasteiger partial charge is 0.368 e.